The molecule has 9 heteroatoms. The Bertz CT molecular complexity index is 1290. The predicted octanol–water partition coefficient (Wildman–Crippen LogP) is 6.69. The molecule has 2 aromatic carbocycles. The third-order valence-electron chi connectivity index (χ3n) is 4.92. The second-order valence-electron chi connectivity index (χ2n) is 10.9. The fourth-order valence-corrected chi connectivity index (χ4v) is 3.50. The van der Waals surface area contributed by atoms with E-state index in [1.54, 1.807) is 71.9 Å². The quantitative estimate of drug-likeness (QED) is 0.410. The molecule has 9 nitrogen and oxygen atoms in total. The van der Waals surface area contributed by atoms with Gasteiger partial charge in [-0.3, -0.25) is 4.79 Å². The van der Waals surface area contributed by atoms with Crippen molar-refractivity contribution in [3.63, 3.8) is 0 Å². The molecule has 0 saturated carbocycles. The summed E-state index contributed by atoms with van der Waals surface area (Å²) in [6.07, 6.45) is -0.462. The number of ether oxygens (including phenoxy) is 2. The maximum Gasteiger partial charge on any atom is 0.427 e. The van der Waals surface area contributed by atoms with Gasteiger partial charge < -0.3 is 14.8 Å². The molecular weight excluding hydrogens is 484 g/mol. The zero-order valence-corrected chi connectivity index (χ0v) is 23.1. The Morgan fingerprint density at radius 3 is 1.82 bits per heavy atom. The largest absolute Gasteiger partial charge is 0.443 e. The predicted molar refractivity (Wildman–Crippen MR) is 146 cm³/mol. The second-order valence-corrected chi connectivity index (χ2v) is 10.9. The van der Waals surface area contributed by atoms with Crippen molar-refractivity contribution in [2.24, 2.45) is 0 Å². The number of hydrogen-bond donors (Lipinski definition) is 1. The van der Waals surface area contributed by atoms with E-state index < -0.39 is 23.4 Å². The molecule has 0 spiro atoms. The van der Waals surface area contributed by atoms with Gasteiger partial charge in [0.1, 0.15) is 11.2 Å². The zero-order valence-electron chi connectivity index (χ0n) is 23.1. The minimum absolute atomic E-state index is 0.182. The van der Waals surface area contributed by atoms with Crippen LogP contribution in [0.3, 0.4) is 0 Å². The Hall–Kier alpha value is -4.27. The Labute approximate surface area is 223 Å². The topological polar surface area (TPSA) is 111 Å². The molecule has 0 saturated heterocycles. The summed E-state index contributed by atoms with van der Waals surface area (Å²) in [5.74, 6) is -0.391. The summed E-state index contributed by atoms with van der Waals surface area (Å²) >= 11 is 0. The summed E-state index contributed by atoms with van der Waals surface area (Å²) in [5.41, 5.74) is 2.64. The fraction of sp³-hybridized carbons (Fsp3) is 0.345. The van der Waals surface area contributed by atoms with E-state index >= 15 is 0 Å². The number of hydrogen-bond acceptors (Lipinski definition) is 7. The molecule has 0 aliphatic rings. The molecule has 1 N–H and O–H groups in total. The van der Waals surface area contributed by atoms with Crippen molar-refractivity contribution in [2.45, 2.75) is 66.6 Å². The molecule has 0 unspecified atom stereocenters. The summed E-state index contributed by atoms with van der Waals surface area (Å²) in [4.78, 5) is 47.8. The third kappa shape index (κ3) is 7.86. The first kappa shape index (κ1) is 28.3. The van der Waals surface area contributed by atoms with Crippen molar-refractivity contribution < 1.29 is 23.9 Å². The standard InChI is InChI=1S/C29H34N4O5/c1-18-15-19(2)17-21(16-18)24(34)31-22-11-9-20(10-12-22)23-13-14-30-25(32-23)33(26(35)37-28(3,4)5)27(36)38-29(6,7)8/h9-17H,1-8H3,(H,31,34). The maximum absolute atomic E-state index is 12.9. The molecule has 3 aromatic rings. The highest BCUT2D eigenvalue weighted by Gasteiger charge is 2.34. The number of nitrogens with one attached hydrogen (secondary N) is 1. The molecule has 1 aromatic heterocycles. The lowest BCUT2D eigenvalue weighted by Crippen LogP contribution is -2.44. The van der Waals surface area contributed by atoms with Gasteiger partial charge in [-0.05, 0) is 85.7 Å². The highest BCUT2D eigenvalue weighted by Crippen LogP contribution is 2.24. The number of imide groups is 1. The van der Waals surface area contributed by atoms with E-state index in [9.17, 15) is 14.4 Å². The maximum atomic E-state index is 12.9. The van der Waals surface area contributed by atoms with Crippen LogP contribution in [0.15, 0.2) is 54.7 Å². The molecule has 0 aliphatic carbocycles. The van der Waals surface area contributed by atoms with Gasteiger partial charge >= 0.3 is 12.2 Å². The molecule has 0 fully saturated rings. The number of anilines is 2. The minimum Gasteiger partial charge on any atom is -0.443 e. The normalized spacial score (nSPS) is 11.5. The number of benzene rings is 2. The molecule has 0 radical (unpaired) electrons. The first-order chi connectivity index (χ1) is 17.6. The number of carbonyl (C=O) groups is 3. The first-order valence-electron chi connectivity index (χ1n) is 12.2. The lowest BCUT2D eigenvalue weighted by atomic mass is 10.1. The van der Waals surface area contributed by atoms with Gasteiger partial charge in [-0.2, -0.15) is 0 Å². The van der Waals surface area contributed by atoms with Gasteiger partial charge in [0.2, 0.25) is 5.95 Å². The number of carbonyl (C=O) groups excluding carboxylic acids is 3. The Morgan fingerprint density at radius 1 is 0.789 bits per heavy atom. The molecule has 0 aliphatic heterocycles. The average molecular weight is 519 g/mol. The van der Waals surface area contributed by atoms with E-state index in [4.69, 9.17) is 9.47 Å². The van der Waals surface area contributed by atoms with E-state index in [-0.39, 0.29) is 11.9 Å². The highest BCUT2D eigenvalue weighted by atomic mass is 16.6. The Kier molecular flexibility index (Phi) is 8.19. The summed E-state index contributed by atoms with van der Waals surface area (Å²) in [5, 5.41) is 2.89. The highest BCUT2D eigenvalue weighted by molar-refractivity contribution is 6.08. The van der Waals surface area contributed by atoms with Crippen LogP contribution in [0, 0.1) is 13.8 Å². The van der Waals surface area contributed by atoms with Crippen LogP contribution in [-0.2, 0) is 9.47 Å². The van der Waals surface area contributed by atoms with Crippen LogP contribution in [0.25, 0.3) is 11.3 Å². The molecule has 38 heavy (non-hydrogen) atoms. The Balaban J connectivity index is 1.86. The van der Waals surface area contributed by atoms with Gasteiger partial charge in [0.25, 0.3) is 5.91 Å². The smallest absolute Gasteiger partial charge is 0.427 e. The monoisotopic (exact) mass is 518 g/mol. The third-order valence-corrected chi connectivity index (χ3v) is 4.92. The van der Waals surface area contributed by atoms with Gasteiger partial charge in [0.05, 0.1) is 5.69 Å². The summed E-state index contributed by atoms with van der Waals surface area (Å²) < 4.78 is 10.8. The van der Waals surface area contributed by atoms with Crippen LogP contribution in [0.2, 0.25) is 0 Å². The van der Waals surface area contributed by atoms with Gasteiger partial charge in [-0.15, -0.1) is 4.90 Å². The van der Waals surface area contributed by atoms with Crippen molar-refractivity contribution >= 4 is 29.7 Å². The minimum atomic E-state index is -0.951. The molecule has 1 heterocycles. The molecular formula is C29H34N4O5. The van der Waals surface area contributed by atoms with Gasteiger partial charge in [-0.25, -0.2) is 19.6 Å². The SMILES string of the molecule is Cc1cc(C)cc(C(=O)Nc2ccc(-c3ccnc(N(C(=O)OC(C)(C)C)C(=O)OC(C)(C)C)n3)cc2)c1. The van der Waals surface area contributed by atoms with Gasteiger partial charge in [0, 0.05) is 23.0 Å². The summed E-state index contributed by atoms with van der Waals surface area (Å²) in [6, 6.07) is 14.4. The number of amides is 3. The van der Waals surface area contributed by atoms with E-state index in [0.29, 0.717) is 27.4 Å². The second kappa shape index (κ2) is 11.0. The Morgan fingerprint density at radius 2 is 1.32 bits per heavy atom. The molecule has 0 bridgehead atoms. The van der Waals surface area contributed by atoms with Crippen LogP contribution in [0.4, 0.5) is 21.2 Å². The van der Waals surface area contributed by atoms with E-state index in [2.05, 4.69) is 15.3 Å². The van der Waals surface area contributed by atoms with Crippen LogP contribution in [-0.4, -0.2) is 39.3 Å². The van der Waals surface area contributed by atoms with Crippen molar-refractivity contribution in [3.8, 4) is 11.3 Å². The number of nitrogens with zero attached hydrogens (tertiary/aromatic N) is 3. The lowest BCUT2D eigenvalue weighted by molar-refractivity contribution is 0.0427. The van der Waals surface area contributed by atoms with Crippen LogP contribution >= 0.6 is 0 Å². The molecule has 3 amide bonds. The van der Waals surface area contributed by atoms with Gasteiger partial charge in [0.15, 0.2) is 0 Å². The number of rotatable bonds is 4. The zero-order chi connectivity index (χ0) is 28.3. The fourth-order valence-electron chi connectivity index (χ4n) is 3.50. The number of aromatic nitrogens is 2. The van der Waals surface area contributed by atoms with E-state index in [1.165, 1.54) is 6.20 Å². The van der Waals surface area contributed by atoms with Crippen molar-refractivity contribution in [1.29, 1.82) is 0 Å². The molecule has 0 atom stereocenters. The number of aryl methyl sites for hydroxylation is 2. The summed E-state index contributed by atoms with van der Waals surface area (Å²) in [7, 11) is 0. The van der Waals surface area contributed by atoms with Crippen molar-refractivity contribution in [3.05, 3.63) is 71.4 Å². The van der Waals surface area contributed by atoms with E-state index in [1.807, 2.05) is 32.0 Å². The summed E-state index contributed by atoms with van der Waals surface area (Å²) in [6.45, 7) is 14.0. The first-order valence-corrected chi connectivity index (χ1v) is 12.2. The average Bonchev–Trinajstić information content (AvgIpc) is 2.77. The van der Waals surface area contributed by atoms with Crippen LogP contribution in [0.5, 0.6) is 0 Å². The van der Waals surface area contributed by atoms with Crippen molar-refractivity contribution in [1.82, 2.24) is 9.97 Å². The van der Waals surface area contributed by atoms with Crippen LogP contribution in [0.1, 0.15) is 63.0 Å². The van der Waals surface area contributed by atoms with Crippen LogP contribution < -0.4 is 10.2 Å². The molecule has 3 rings (SSSR count). The lowest BCUT2D eigenvalue weighted by Gasteiger charge is -2.27. The van der Waals surface area contributed by atoms with Gasteiger partial charge in [-0.1, -0.05) is 29.3 Å². The van der Waals surface area contributed by atoms with Crippen molar-refractivity contribution in [2.75, 3.05) is 10.2 Å². The van der Waals surface area contributed by atoms with E-state index in [0.717, 1.165) is 11.1 Å². The molecule has 200 valence electrons.